The number of aromatic amines is 1. The van der Waals surface area contributed by atoms with Crippen LogP contribution in [0.5, 0.6) is 0 Å². The monoisotopic (exact) mass is 391 g/mol. The summed E-state index contributed by atoms with van der Waals surface area (Å²) in [5, 5.41) is 0. The molecule has 1 amide bonds. The van der Waals surface area contributed by atoms with E-state index in [0.29, 0.717) is 24.0 Å². The Morgan fingerprint density at radius 3 is 2.52 bits per heavy atom. The van der Waals surface area contributed by atoms with Crippen molar-refractivity contribution in [1.82, 2.24) is 23.7 Å². The normalized spacial score (nSPS) is 19.7. The highest BCUT2D eigenvalue weighted by atomic mass is 32.1. The lowest BCUT2D eigenvalue weighted by Gasteiger charge is -2.40. The van der Waals surface area contributed by atoms with Crippen LogP contribution in [-0.2, 0) is 6.54 Å². The van der Waals surface area contributed by atoms with Gasteiger partial charge in [-0.1, -0.05) is 19.3 Å². The summed E-state index contributed by atoms with van der Waals surface area (Å²) in [6.45, 7) is 5.11. The van der Waals surface area contributed by atoms with E-state index in [-0.39, 0.29) is 23.5 Å². The highest BCUT2D eigenvalue weighted by Gasteiger charge is 2.29. The van der Waals surface area contributed by atoms with Crippen molar-refractivity contribution in [3.63, 3.8) is 0 Å². The Balaban J connectivity index is 1.52. The van der Waals surface area contributed by atoms with E-state index in [1.165, 1.54) is 32.1 Å². The van der Waals surface area contributed by atoms with Gasteiger partial charge in [0, 0.05) is 38.8 Å². The molecular formula is C18H25N5O3S. The Labute approximate surface area is 161 Å². The summed E-state index contributed by atoms with van der Waals surface area (Å²) in [6.07, 6.45) is 6.47. The molecule has 2 aromatic rings. The second-order valence-electron chi connectivity index (χ2n) is 7.33. The third kappa shape index (κ3) is 3.34. The smallest absolute Gasteiger partial charge is 0.328 e. The summed E-state index contributed by atoms with van der Waals surface area (Å²) in [4.78, 5) is 44.8. The Morgan fingerprint density at radius 1 is 1.15 bits per heavy atom. The van der Waals surface area contributed by atoms with Gasteiger partial charge in [0.05, 0.1) is 5.52 Å². The number of nitrogens with one attached hydrogen (secondary N) is 1. The van der Waals surface area contributed by atoms with Crippen LogP contribution in [-0.4, -0.2) is 61.9 Å². The van der Waals surface area contributed by atoms with Crippen LogP contribution in [0.3, 0.4) is 0 Å². The average Bonchev–Trinajstić information content (AvgIpc) is 3.12. The van der Waals surface area contributed by atoms with Gasteiger partial charge in [0.25, 0.3) is 11.5 Å². The maximum atomic E-state index is 13.0. The zero-order valence-corrected chi connectivity index (χ0v) is 16.4. The molecule has 0 unspecified atom stereocenters. The number of rotatable bonds is 3. The second-order valence-corrected chi connectivity index (χ2v) is 8.11. The summed E-state index contributed by atoms with van der Waals surface area (Å²) in [6, 6.07) is 0.657. The van der Waals surface area contributed by atoms with Gasteiger partial charge in [-0.15, -0.1) is 0 Å². The van der Waals surface area contributed by atoms with E-state index < -0.39 is 11.2 Å². The minimum Gasteiger partial charge on any atom is -0.335 e. The summed E-state index contributed by atoms with van der Waals surface area (Å²) in [7, 11) is 0. The number of carbonyl (C=O) groups is 1. The van der Waals surface area contributed by atoms with Crippen LogP contribution in [0.2, 0.25) is 0 Å². The van der Waals surface area contributed by atoms with Gasteiger partial charge in [-0.3, -0.25) is 19.1 Å². The molecule has 0 radical (unpaired) electrons. The van der Waals surface area contributed by atoms with E-state index in [1.807, 2.05) is 4.90 Å². The van der Waals surface area contributed by atoms with Crippen molar-refractivity contribution in [2.45, 2.75) is 51.6 Å². The number of amides is 1. The molecule has 0 bridgehead atoms. The van der Waals surface area contributed by atoms with Crippen LogP contribution in [0, 0.1) is 0 Å². The summed E-state index contributed by atoms with van der Waals surface area (Å²) >= 11 is 0.997. The van der Waals surface area contributed by atoms with Crippen LogP contribution in [0.1, 0.15) is 48.7 Å². The van der Waals surface area contributed by atoms with Gasteiger partial charge in [-0.2, -0.15) is 4.37 Å². The molecule has 1 saturated heterocycles. The maximum Gasteiger partial charge on any atom is 0.328 e. The SMILES string of the molecule is CCn1c(=O)[nH]c2c(C(=O)N3CCN(C4CCCCC4)CC3)snc2c1=O. The van der Waals surface area contributed by atoms with E-state index >= 15 is 0 Å². The van der Waals surface area contributed by atoms with Gasteiger partial charge < -0.3 is 9.88 Å². The van der Waals surface area contributed by atoms with E-state index in [0.717, 1.165) is 29.2 Å². The summed E-state index contributed by atoms with van der Waals surface area (Å²) in [5.41, 5.74) is -0.481. The molecular weight excluding hydrogens is 366 g/mol. The molecule has 1 aliphatic carbocycles. The quantitative estimate of drug-likeness (QED) is 0.850. The van der Waals surface area contributed by atoms with Crippen molar-refractivity contribution in [3.8, 4) is 0 Å². The molecule has 8 nitrogen and oxygen atoms in total. The molecule has 2 fully saturated rings. The van der Waals surface area contributed by atoms with Gasteiger partial charge in [0.1, 0.15) is 4.88 Å². The first-order valence-electron chi connectivity index (χ1n) is 9.76. The lowest BCUT2D eigenvalue weighted by molar-refractivity contribution is 0.0528. The maximum absolute atomic E-state index is 13.0. The third-order valence-corrected chi connectivity index (χ3v) is 6.66. The molecule has 0 atom stereocenters. The minimum atomic E-state index is -0.494. The molecule has 0 spiro atoms. The van der Waals surface area contributed by atoms with Crippen molar-refractivity contribution < 1.29 is 4.79 Å². The third-order valence-electron chi connectivity index (χ3n) is 5.82. The fourth-order valence-electron chi connectivity index (χ4n) is 4.26. The standard InChI is InChI=1S/C18H25N5O3S/c1-2-23-16(24)14-13(19-18(23)26)15(27-20-14)17(25)22-10-8-21(9-11-22)12-6-4-3-5-7-12/h12H,2-11H2,1H3,(H,19,26). The number of aromatic nitrogens is 3. The molecule has 1 aliphatic heterocycles. The molecule has 4 rings (SSSR count). The van der Waals surface area contributed by atoms with Gasteiger partial charge in [0.2, 0.25) is 0 Å². The van der Waals surface area contributed by atoms with Crippen molar-refractivity contribution >= 4 is 28.5 Å². The van der Waals surface area contributed by atoms with Gasteiger partial charge >= 0.3 is 5.69 Å². The number of hydrogen-bond acceptors (Lipinski definition) is 6. The predicted molar refractivity (Wildman–Crippen MR) is 105 cm³/mol. The Kier molecular flexibility index (Phi) is 5.14. The molecule has 2 aromatic heterocycles. The lowest BCUT2D eigenvalue weighted by Crippen LogP contribution is -2.52. The fraction of sp³-hybridized carbons (Fsp3) is 0.667. The van der Waals surface area contributed by atoms with E-state index in [1.54, 1.807) is 6.92 Å². The number of hydrogen-bond donors (Lipinski definition) is 1. The van der Waals surface area contributed by atoms with Crippen LogP contribution < -0.4 is 11.2 Å². The average molecular weight is 391 g/mol. The summed E-state index contributed by atoms with van der Waals surface area (Å²) < 4.78 is 5.25. The van der Waals surface area contributed by atoms with Crippen LogP contribution >= 0.6 is 11.5 Å². The first-order chi connectivity index (χ1) is 13.1. The molecule has 27 heavy (non-hydrogen) atoms. The lowest BCUT2D eigenvalue weighted by atomic mass is 9.94. The van der Waals surface area contributed by atoms with Gasteiger partial charge in [0.15, 0.2) is 5.52 Å². The number of nitrogens with zero attached hydrogens (tertiary/aromatic N) is 4. The van der Waals surface area contributed by atoms with Crippen LogP contribution in [0.15, 0.2) is 9.59 Å². The molecule has 2 aliphatic rings. The fourth-order valence-corrected chi connectivity index (χ4v) is 5.06. The number of piperazine rings is 1. The van der Waals surface area contributed by atoms with Crippen molar-refractivity contribution in [3.05, 3.63) is 25.7 Å². The predicted octanol–water partition coefficient (Wildman–Crippen LogP) is 1.26. The molecule has 3 heterocycles. The molecule has 146 valence electrons. The van der Waals surface area contributed by atoms with Crippen molar-refractivity contribution in [2.24, 2.45) is 0 Å². The van der Waals surface area contributed by atoms with Gasteiger partial charge in [-0.05, 0) is 31.3 Å². The zero-order chi connectivity index (χ0) is 19.0. The van der Waals surface area contributed by atoms with E-state index in [9.17, 15) is 14.4 Å². The van der Waals surface area contributed by atoms with Crippen molar-refractivity contribution in [2.75, 3.05) is 26.2 Å². The first-order valence-corrected chi connectivity index (χ1v) is 10.5. The number of fused-ring (bicyclic) bond motifs is 1. The van der Waals surface area contributed by atoms with Gasteiger partial charge in [-0.25, -0.2) is 4.79 Å². The zero-order valence-electron chi connectivity index (χ0n) is 15.6. The van der Waals surface area contributed by atoms with Crippen LogP contribution in [0.25, 0.3) is 11.0 Å². The van der Waals surface area contributed by atoms with E-state index in [2.05, 4.69) is 14.3 Å². The largest absolute Gasteiger partial charge is 0.335 e. The van der Waals surface area contributed by atoms with Crippen molar-refractivity contribution in [1.29, 1.82) is 0 Å². The topological polar surface area (TPSA) is 91.3 Å². The highest BCUT2D eigenvalue weighted by Crippen LogP contribution is 2.25. The molecule has 0 aromatic carbocycles. The Morgan fingerprint density at radius 2 is 1.85 bits per heavy atom. The highest BCUT2D eigenvalue weighted by molar-refractivity contribution is 7.09. The first kappa shape index (κ1) is 18.4. The van der Waals surface area contributed by atoms with E-state index in [4.69, 9.17) is 0 Å². The number of H-pyrrole nitrogens is 1. The minimum absolute atomic E-state index is 0.143. The van der Waals surface area contributed by atoms with Crippen LogP contribution in [0.4, 0.5) is 0 Å². The summed E-state index contributed by atoms with van der Waals surface area (Å²) in [5.74, 6) is -0.143. The Bertz CT molecular complexity index is 948. The second kappa shape index (κ2) is 7.55. The molecule has 1 N–H and O–H groups in total. The molecule has 1 saturated carbocycles. The Hall–Kier alpha value is -2.00. The number of carbonyl (C=O) groups excluding carboxylic acids is 1. The molecule has 9 heteroatoms.